The second-order valence-electron chi connectivity index (χ2n) is 8.74. The van der Waals surface area contributed by atoms with Crippen LogP contribution in [0.2, 0.25) is 0 Å². The lowest BCUT2D eigenvalue weighted by atomic mass is 9.97. The Morgan fingerprint density at radius 3 is 2.56 bits per heavy atom. The van der Waals surface area contributed by atoms with E-state index in [1.807, 2.05) is 56.3 Å². The van der Waals surface area contributed by atoms with Crippen LogP contribution >= 0.6 is 0 Å². The van der Waals surface area contributed by atoms with Crippen molar-refractivity contribution < 1.29 is 14.3 Å². The molecule has 1 amide bonds. The van der Waals surface area contributed by atoms with Crippen molar-refractivity contribution in [3.05, 3.63) is 66.0 Å². The van der Waals surface area contributed by atoms with Crippen molar-refractivity contribution in [2.75, 3.05) is 38.3 Å². The molecule has 1 atom stereocenters. The minimum absolute atomic E-state index is 0.0677. The van der Waals surface area contributed by atoms with E-state index in [-0.39, 0.29) is 11.8 Å². The maximum absolute atomic E-state index is 12.8. The molecular formula is C27H32N4O3. The third-order valence-electron chi connectivity index (χ3n) is 6.02. The predicted octanol–water partition coefficient (Wildman–Crippen LogP) is 4.18. The first-order valence-electron chi connectivity index (χ1n) is 11.7. The summed E-state index contributed by atoms with van der Waals surface area (Å²) in [5, 5.41) is 3.04. The van der Waals surface area contributed by atoms with Gasteiger partial charge in [0.1, 0.15) is 30.3 Å². The van der Waals surface area contributed by atoms with E-state index in [0.29, 0.717) is 19.7 Å². The number of hydrogen-bond acceptors (Lipinski definition) is 6. The van der Waals surface area contributed by atoms with Gasteiger partial charge in [-0.3, -0.25) is 4.79 Å². The molecular weight excluding hydrogens is 428 g/mol. The lowest BCUT2D eigenvalue weighted by Crippen LogP contribution is -2.44. The van der Waals surface area contributed by atoms with Gasteiger partial charge >= 0.3 is 0 Å². The van der Waals surface area contributed by atoms with Crippen molar-refractivity contribution in [2.45, 2.75) is 26.7 Å². The zero-order valence-corrected chi connectivity index (χ0v) is 20.1. The molecule has 4 rings (SSSR count). The first-order valence-corrected chi connectivity index (χ1v) is 11.7. The topological polar surface area (TPSA) is 76.6 Å². The van der Waals surface area contributed by atoms with Gasteiger partial charge in [-0.25, -0.2) is 9.97 Å². The van der Waals surface area contributed by atoms with Crippen molar-refractivity contribution in [1.82, 2.24) is 15.3 Å². The van der Waals surface area contributed by atoms with Crippen LogP contribution in [0.25, 0.3) is 11.3 Å². The summed E-state index contributed by atoms with van der Waals surface area (Å²) in [5.41, 5.74) is 4.18. The summed E-state index contributed by atoms with van der Waals surface area (Å²) in [6, 6.07) is 15.9. The fourth-order valence-corrected chi connectivity index (χ4v) is 4.34. The average molecular weight is 461 g/mol. The fourth-order valence-electron chi connectivity index (χ4n) is 4.34. The highest BCUT2D eigenvalue weighted by molar-refractivity contribution is 5.79. The van der Waals surface area contributed by atoms with Gasteiger partial charge in [0.25, 0.3) is 0 Å². The van der Waals surface area contributed by atoms with Crippen molar-refractivity contribution in [2.24, 2.45) is 5.92 Å². The van der Waals surface area contributed by atoms with Crippen molar-refractivity contribution in [3.8, 4) is 22.8 Å². The molecule has 34 heavy (non-hydrogen) atoms. The van der Waals surface area contributed by atoms with E-state index < -0.39 is 0 Å². The highest BCUT2D eigenvalue weighted by Crippen LogP contribution is 2.26. The van der Waals surface area contributed by atoms with Crippen LogP contribution in [0.15, 0.2) is 54.9 Å². The van der Waals surface area contributed by atoms with Gasteiger partial charge in [-0.15, -0.1) is 0 Å². The molecule has 0 aliphatic carbocycles. The predicted molar refractivity (Wildman–Crippen MR) is 133 cm³/mol. The Bertz CT molecular complexity index is 1100. The van der Waals surface area contributed by atoms with E-state index in [4.69, 9.17) is 9.47 Å². The average Bonchev–Trinajstić information content (AvgIpc) is 2.86. The number of methoxy groups -OCH3 is 1. The fraction of sp³-hybridized carbons (Fsp3) is 0.370. The zero-order chi connectivity index (χ0) is 23.9. The van der Waals surface area contributed by atoms with Crippen LogP contribution in [0.3, 0.4) is 0 Å². The molecule has 2 aromatic carbocycles. The number of hydrogen-bond donors (Lipinski definition) is 1. The molecule has 7 nitrogen and oxygen atoms in total. The standard InChI is InChI=1S/C27H32N4O3/c1-19-13-20(2)15-24(14-19)34-12-10-28-27(32)22-5-4-11-31(17-22)26-16-25(29-18-30-26)21-6-8-23(33-3)9-7-21/h6-9,13-16,18,22H,4-5,10-12,17H2,1-3H3,(H,28,32). The van der Waals surface area contributed by atoms with Gasteiger partial charge < -0.3 is 19.7 Å². The first kappa shape index (κ1) is 23.5. The zero-order valence-electron chi connectivity index (χ0n) is 20.1. The number of carbonyl (C=O) groups excluding carboxylic acids is 1. The Morgan fingerprint density at radius 1 is 1.06 bits per heavy atom. The van der Waals surface area contributed by atoms with Gasteiger partial charge in [0.05, 0.1) is 25.3 Å². The Hall–Kier alpha value is -3.61. The number of amides is 1. The summed E-state index contributed by atoms with van der Waals surface area (Å²) in [6.07, 6.45) is 3.40. The lowest BCUT2D eigenvalue weighted by Gasteiger charge is -2.33. The lowest BCUT2D eigenvalue weighted by molar-refractivity contribution is -0.125. The van der Waals surface area contributed by atoms with E-state index >= 15 is 0 Å². The molecule has 1 aliphatic rings. The molecule has 1 unspecified atom stereocenters. The summed E-state index contributed by atoms with van der Waals surface area (Å²) in [7, 11) is 1.65. The van der Waals surface area contributed by atoms with Crippen molar-refractivity contribution in [1.29, 1.82) is 0 Å². The number of nitrogens with one attached hydrogen (secondary N) is 1. The Labute approximate surface area is 201 Å². The number of piperidine rings is 1. The molecule has 2 heterocycles. The van der Waals surface area contributed by atoms with Crippen LogP contribution in [0.5, 0.6) is 11.5 Å². The molecule has 1 N–H and O–H groups in total. The molecule has 1 aliphatic heterocycles. The van der Waals surface area contributed by atoms with Crippen molar-refractivity contribution in [3.63, 3.8) is 0 Å². The molecule has 178 valence electrons. The van der Waals surface area contributed by atoms with E-state index in [0.717, 1.165) is 48.0 Å². The van der Waals surface area contributed by atoms with Gasteiger partial charge in [-0.05, 0) is 74.2 Å². The number of nitrogens with zero attached hydrogens (tertiary/aromatic N) is 3. The van der Waals surface area contributed by atoms with Crippen LogP contribution in [0.4, 0.5) is 5.82 Å². The molecule has 0 saturated carbocycles. The van der Waals surface area contributed by atoms with E-state index in [1.165, 1.54) is 11.1 Å². The highest BCUT2D eigenvalue weighted by Gasteiger charge is 2.26. The normalized spacial score (nSPS) is 15.6. The minimum Gasteiger partial charge on any atom is -0.497 e. The van der Waals surface area contributed by atoms with Crippen LogP contribution in [0.1, 0.15) is 24.0 Å². The van der Waals surface area contributed by atoms with Gasteiger partial charge in [0, 0.05) is 24.7 Å². The summed E-state index contributed by atoms with van der Waals surface area (Å²) in [5.74, 6) is 2.48. The monoisotopic (exact) mass is 460 g/mol. The smallest absolute Gasteiger partial charge is 0.225 e. The Kier molecular flexibility index (Phi) is 7.62. The minimum atomic E-state index is -0.0747. The van der Waals surface area contributed by atoms with E-state index in [2.05, 4.69) is 26.3 Å². The second-order valence-corrected chi connectivity index (χ2v) is 8.74. The Balaban J connectivity index is 1.31. The molecule has 0 bridgehead atoms. The van der Waals surface area contributed by atoms with Gasteiger partial charge in [-0.2, -0.15) is 0 Å². The number of ether oxygens (including phenoxy) is 2. The number of carbonyl (C=O) groups is 1. The summed E-state index contributed by atoms with van der Waals surface area (Å²) in [6.45, 7) is 6.54. The molecule has 7 heteroatoms. The largest absolute Gasteiger partial charge is 0.497 e. The summed E-state index contributed by atoms with van der Waals surface area (Å²) in [4.78, 5) is 23.9. The SMILES string of the molecule is COc1ccc(-c2cc(N3CCCC(C(=O)NCCOc4cc(C)cc(C)c4)C3)ncn2)cc1. The number of rotatable bonds is 8. The number of aromatic nitrogens is 2. The maximum Gasteiger partial charge on any atom is 0.225 e. The number of aryl methyl sites for hydroxylation is 2. The third kappa shape index (κ3) is 6.04. The van der Waals surface area contributed by atoms with Gasteiger partial charge in [-0.1, -0.05) is 6.07 Å². The molecule has 3 aromatic rings. The maximum atomic E-state index is 12.8. The van der Waals surface area contributed by atoms with Gasteiger partial charge in [0.2, 0.25) is 5.91 Å². The van der Waals surface area contributed by atoms with Crippen molar-refractivity contribution >= 4 is 11.7 Å². The van der Waals surface area contributed by atoms with E-state index in [1.54, 1.807) is 13.4 Å². The van der Waals surface area contributed by atoms with E-state index in [9.17, 15) is 4.79 Å². The second kappa shape index (κ2) is 11.0. The van der Waals surface area contributed by atoms with Crippen LogP contribution in [-0.4, -0.2) is 49.2 Å². The quantitative estimate of drug-likeness (QED) is 0.508. The molecule has 0 spiro atoms. The molecule has 1 saturated heterocycles. The number of anilines is 1. The molecule has 0 radical (unpaired) electrons. The first-order chi connectivity index (χ1) is 16.5. The third-order valence-corrected chi connectivity index (χ3v) is 6.02. The van der Waals surface area contributed by atoms with Gasteiger partial charge in [0.15, 0.2) is 0 Å². The Morgan fingerprint density at radius 2 is 1.82 bits per heavy atom. The molecule has 1 aromatic heterocycles. The summed E-state index contributed by atoms with van der Waals surface area (Å²) >= 11 is 0. The highest BCUT2D eigenvalue weighted by atomic mass is 16.5. The molecule has 1 fully saturated rings. The van der Waals surface area contributed by atoms with Crippen LogP contribution in [-0.2, 0) is 4.79 Å². The van der Waals surface area contributed by atoms with Crippen LogP contribution < -0.4 is 19.7 Å². The summed E-state index contributed by atoms with van der Waals surface area (Å²) < 4.78 is 11.1. The number of benzene rings is 2. The van der Waals surface area contributed by atoms with Crippen LogP contribution in [0, 0.1) is 19.8 Å².